The third kappa shape index (κ3) is 5.13. The van der Waals surface area contributed by atoms with Gasteiger partial charge >= 0.3 is 0 Å². The van der Waals surface area contributed by atoms with E-state index >= 15 is 0 Å². The van der Waals surface area contributed by atoms with Crippen LogP contribution in [0.15, 0.2) is 18.5 Å². The van der Waals surface area contributed by atoms with Crippen molar-refractivity contribution in [2.45, 2.75) is 19.8 Å². The number of aryl methyl sites for hydroxylation is 1. The van der Waals surface area contributed by atoms with E-state index in [2.05, 4.69) is 20.4 Å². The summed E-state index contributed by atoms with van der Waals surface area (Å²) < 4.78 is 26.6. The molecule has 0 unspecified atom stereocenters. The van der Waals surface area contributed by atoms with Crippen LogP contribution >= 0.6 is 0 Å². The molecule has 0 radical (unpaired) electrons. The van der Waals surface area contributed by atoms with Crippen molar-refractivity contribution in [1.29, 1.82) is 0 Å². The Labute approximate surface area is 148 Å². The number of nitrogens with zero attached hydrogens (tertiary/aromatic N) is 5. The van der Waals surface area contributed by atoms with Crippen LogP contribution < -0.4 is 11.1 Å². The Morgan fingerprint density at radius 3 is 2.72 bits per heavy atom. The molecule has 0 aliphatic rings. The fourth-order valence-corrected chi connectivity index (χ4v) is 3.19. The van der Waals surface area contributed by atoms with Crippen LogP contribution in [-0.4, -0.2) is 58.4 Å². The van der Waals surface area contributed by atoms with E-state index in [9.17, 15) is 8.42 Å². The SMILES string of the molecule is CCCCN(CCNc1nccc(-c2cnn(C)c2N)n1)S(C)(=O)=O. The van der Waals surface area contributed by atoms with Gasteiger partial charge in [-0.15, -0.1) is 0 Å². The fraction of sp³-hybridized carbons (Fsp3) is 0.533. The van der Waals surface area contributed by atoms with Gasteiger partial charge in [-0.2, -0.15) is 5.10 Å². The Morgan fingerprint density at radius 1 is 1.36 bits per heavy atom. The Kier molecular flexibility index (Phi) is 6.32. The largest absolute Gasteiger partial charge is 0.383 e. The van der Waals surface area contributed by atoms with Crippen molar-refractivity contribution < 1.29 is 8.42 Å². The number of unbranched alkanes of at least 4 members (excludes halogenated alkanes) is 1. The van der Waals surface area contributed by atoms with Crippen LogP contribution in [0.2, 0.25) is 0 Å². The van der Waals surface area contributed by atoms with Crippen molar-refractivity contribution in [3.05, 3.63) is 18.5 Å². The van der Waals surface area contributed by atoms with Gasteiger partial charge < -0.3 is 11.1 Å². The van der Waals surface area contributed by atoms with Gasteiger partial charge in [-0.05, 0) is 12.5 Å². The first kappa shape index (κ1) is 19.1. The first-order valence-corrected chi connectivity index (χ1v) is 9.97. The number of aromatic nitrogens is 4. The summed E-state index contributed by atoms with van der Waals surface area (Å²) in [6.45, 7) is 3.33. The first-order chi connectivity index (χ1) is 11.8. The Balaban J connectivity index is 2.01. The van der Waals surface area contributed by atoms with Gasteiger partial charge in [0.15, 0.2) is 0 Å². The lowest BCUT2D eigenvalue weighted by Gasteiger charge is -2.19. The molecule has 9 nitrogen and oxygen atoms in total. The molecule has 3 N–H and O–H groups in total. The predicted octanol–water partition coefficient (Wildman–Crippen LogP) is 0.933. The van der Waals surface area contributed by atoms with Crippen LogP contribution in [0.3, 0.4) is 0 Å². The predicted molar refractivity (Wildman–Crippen MR) is 98.5 cm³/mol. The molecule has 2 rings (SSSR count). The van der Waals surface area contributed by atoms with Gasteiger partial charge in [0.25, 0.3) is 0 Å². The van der Waals surface area contributed by atoms with Gasteiger partial charge in [-0.1, -0.05) is 13.3 Å². The molecule has 25 heavy (non-hydrogen) atoms. The molecule has 10 heteroatoms. The summed E-state index contributed by atoms with van der Waals surface area (Å²) in [6.07, 6.45) is 6.28. The maximum absolute atomic E-state index is 11.8. The number of hydrogen-bond donors (Lipinski definition) is 2. The second kappa shape index (κ2) is 8.26. The highest BCUT2D eigenvalue weighted by Crippen LogP contribution is 2.23. The summed E-state index contributed by atoms with van der Waals surface area (Å²) in [7, 11) is -1.46. The minimum absolute atomic E-state index is 0.363. The monoisotopic (exact) mass is 367 g/mol. The molecule has 2 aromatic heterocycles. The van der Waals surface area contributed by atoms with Gasteiger partial charge in [-0.25, -0.2) is 22.7 Å². The van der Waals surface area contributed by atoms with Gasteiger partial charge in [0.2, 0.25) is 16.0 Å². The highest BCUT2D eigenvalue weighted by Gasteiger charge is 2.15. The fourth-order valence-electron chi connectivity index (χ4n) is 2.31. The molecule has 2 aromatic rings. The van der Waals surface area contributed by atoms with Gasteiger partial charge in [-0.3, -0.25) is 4.68 Å². The normalized spacial score (nSPS) is 11.8. The zero-order chi connectivity index (χ0) is 18.4. The average Bonchev–Trinajstić information content (AvgIpc) is 2.89. The molecule has 0 aliphatic carbocycles. The lowest BCUT2D eigenvalue weighted by atomic mass is 10.2. The third-order valence-corrected chi connectivity index (χ3v) is 5.09. The molecule has 0 amide bonds. The average molecular weight is 367 g/mol. The van der Waals surface area contributed by atoms with Crippen LogP contribution in [0, 0.1) is 0 Å². The van der Waals surface area contributed by atoms with Crippen molar-refractivity contribution in [1.82, 2.24) is 24.1 Å². The van der Waals surface area contributed by atoms with E-state index in [1.54, 1.807) is 30.2 Å². The zero-order valence-electron chi connectivity index (χ0n) is 14.8. The number of hydrogen-bond acceptors (Lipinski definition) is 7. The molecule has 0 saturated carbocycles. The van der Waals surface area contributed by atoms with Crippen LogP contribution in [0.4, 0.5) is 11.8 Å². The lowest BCUT2D eigenvalue weighted by Crippen LogP contribution is -2.35. The third-order valence-electron chi connectivity index (χ3n) is 3.79. The summed E-state index contributed by atoms with van der Waals surface area (Å²) >= 11 is 0. The highest BCUT2D eigenvalue weighted by atomic mass is 32.2. The molecular weight excluding hydrogens is 342 g/mol. The van der Waals surface area contributed by atoms with E-state index in [1.165, 1.54) is 10.6 Å². The Hall–Kier alpha value is -2.20. The number of nitrogens with two attached hydrogens (primary N) is 1. The molecular formula is C15H25N7O2S. The van der Waals surface area contributed by atoms with Crippen molar-refractivity contribution in [2.75, 3.05) is 36.9 Å². The highest BCUT2D eigenvalue weighted by molar-refractivity contribution is 7.88. The second-order valence-corrected chi connectivity index (χ2v) is 7.76. The van der Waals surface area contributed by atoms with Gasteiger partial charge in [0, 0.05) is 32.9 Å². The van der Waals surface area contributed by atoms with Crippen molar-refractivity contribution >= 4 is 21.8 Å². The Morgan fingerprint density at radius 2 is 2.12 bits per heavy atom. The molecule has 0 aliphatic heterocycles. The van der Waals surface area contributed by atoms with Crippen molar-refractivity contribution in [3.8, 4) is 11.3 Å². The standard InChI is InChI=1S/C15H25N7O2S/c1-4-5-9-22(25(3,23)24)10-8-18-15-17-7-6-13(20-15)12-11-19-21(2)14(12)16/h6-7,11H,4-5,8-10,16H2,1-3H3,(H,17,18,20). The molecule has 0 saturated heterocycles. The smallest absolute Gasteiger partial charge is 0.223 e. The lowest BCUT2D eigenvalue weighted by molar-refractivity contribution is 0.417. The molecule has 0 spiro atoms. The van der Waals surface area contributed by atoms with Crippen LogP contribution in [0.1, 0.15) is 19.8 Å². The Bertz CT molecular complexity index is 804. The van der Waals surface area contributed by atoms with Crippen LogP contribution in [0.25, 0.3) is 11.3 Å². The molecule has 0 bridgehead atoms. The number of sulfonamides is 1. The summed E-state index contributed by atoms with van der Waals surface area (Å²) in [6, 6.07) is 1.75. The van der Waals surface area contributed by atoms with Crippen LogP contribution in [-0.2, 0) is 17.1 Å². The first-order valence-electron chi connectivity index (χ1n) is 8.12. The van der Waals surface area contributed by atoms with E-state index < -0.39 is 10.0 Å². The summed E-state index contributed by atoms with van der Waals surface area (Å²) in [5.74, 6) is 0.942. The van der Waals surface area contributed by atoms with E-state index in [0.29, 0.717) is 37.1 Å². The number of nitrogen functional groups attached to an aromatic ring is 1. The van der Waals surface area contributed by atoms with Crippen molar-refractivity contribution in [3.63, 3.8) is 0 Å². The molecule has 0 aromatic carbocycles. The van der Waals surface area contributed by atoms with Gasteiger partial charge in [0.1, 0.15) is 5.82 Å². The second-order valence-electron chi connectivity index (χ2n) is 5.77. The molecule has 0 fully saturated rings. The van der Waals surface area contributed by atoms with E-state index in [0.717, 1.165) is 18.4 Å². The topological polar surface area (TPSA) is 119 Å². The summed E-state index contributed by atoms with van der Waals surface area (Å²) in [5.41, 5.74) is 7.36. The van der Waals surface area contributed by atoms with E-state index in [4.69, 9.17) is 5.73 Å². The zero-order valence-corrected chi connectivity index (χ0v) is 15.6. The van der Waals surface area contributed by atoms with Crippen molar-refractivity contribution in [2.24, 2.45) is 7.05 Å². The minimum Gasteiger partial charge on any atom is -0.383 e. The number of rotatable bonds is 9. The molecule has 2 heterocycles. The van der Waals surface area contributed by atoms with Crippen LogP contribution in [0.5, 0.6) is 0 Å². The quantitative estimate of drug-likeness (QED) is 0.676. The van der Waals surface area contributed by atoms with E-state index in [1.807, 2.05) is 6.92 Å². The van der Waals surface area contributed by atoms with Gasteiger partial charge in [0.05, 0.1) is 23.7 Å². The summed E-state index contributed by atoms with van der Waals surface area (Å²) in [4.78, 5) is 8.58. The minimum atomic E-state index is -3.22. The summed E-state index contributed by atoms with van der Waals surface area (Å²) in [5, 5.41) is 7.16. The number of anilines is 2. The maximum atomic E-state index is 11.8. The molecule has 138 valence electrons. The molecule has 0 atom stereocenters. The van der Waals surface area contributed by atoms with E-state index in [-0.39, 0.29) is 0 Å². The maximum Gasteiger partial charge on any atom is 0.223 e. The number of nitrogens with one attached hydrogen (secondary N) is 1.